The van der Waals surface area contributed by atoms with Crippen LogP contribution in [0.2, 0.25) is 0 Å². The summed E-state index contributed by atoms with van der Waals surface area (Å²) in [5.74, 6) is 1.12. The molecule has 1 saturated heterocycles. The van der Waals surface area contributed by atoms with E-state index in [9.17, 15) is 9.59 Å². The van der Waals surface area contributed by atoms with Gasteiger partial charge in [0.05, 0.1) is 0 Å². The molecule has 2 amide bonds. The van der Waals surface area contributed by atoms with Gasteiger partial charge in [0.1, 0.15) is 5.69 Å². The van der Waals surface area contributed by atoms with E-state index in [0.29, 0.717) is 24.0 Å². The van der Waals surface area contributed by atoms with E-state index in [0.717, 1.165) is 30.6 Å². The Balaban J connectivity index is 1.51. The number of carbonyl (C=O) groups is 2. The van der Waals surface area contributed by atoms with Gasteiger partial charge >= 0.3 is 0 Å². The van der Waals surface area contributed by atoms with Gasteiger partial charge in [0.2, 0.25) is 5.91 Å². The molecule has 1 saturated carbocycles. The lowest BCUT2D eigenvalue weighted by atomic mass is 9.89. The Bertz CT molecular complexity index is 827. The number of fused-ring (bicyclic) bond motifs is 1. The molecule has 1 aromatic heterocycles. The van der Waals surface area contributed by atoms with Crippen molar-refractivity contribution in [2.24, 2.45) is 18.9 Å². The molecule has 2 fully saturated rings. The third kappa shape index (κ3) is 2.91. The van der Waals surface area contributed by atoms with E-state index in [-0.39, 0.29) is 17.9 Å². The average Bonchev–Trinajstić information content (AvgIpc) is 3.24. The molecule has 5 heteroatoms. The first-order chi connectivity index (χ1) is 12.5. The molecule has 136 valence electrons. The van der Waals surface area contributed by atoms with Crippen LogP contribution in [0.4, 0.5) is 0 Å². The van der Waals surface area contributed by atoms with Gasteiger partial charge in [-0.25, -0.2) is 0 Å². The van der Waals surface area contributed by atoms with Crippen LogP contribution in [0.1, 0.15) is 29.8 Å². The quantitative estimate of drug-likeness (QED) is 0.924. The summed E-state index contributed by atoms with van der Waals surface area (Å²) in [6.07, 6.45) is 2.50. The highest BCUT2D eigenvalue weighted by Crippen LogP contribution is 2.38. The van der Waals surface area contributed by atoms with Crippen LogP contribution in [-0.2, 0) is 11.8 Å². The van der Waals surface area contributed by atoms with E-state index in [1.54, 1.807) is 0 Å². The van der Waals surface area contributed by atoms with Crippen molar-refractivity contribution in [1.29, 1.82) is 0 Å². The molecule has 0 radical (unpaired) electrons. The van der Waals surface area contributed by atoms with Crippen LogP contribution in [0.25, 0.3) is 11.3 Å². The van der Waals surface area contributed by atoms with Gasteiger partial charge in [0.15, 0.2) is 0 Å². The molecule has 0 bridgehead atoms. The summed E-state index contributed by atoms with van der Waals surface area (Å²) in [5.41, 5.74) is 2.85. The largest absolute Gasteiger partial charge is 0.356 e. The minimum Gasteiger partial charge on any atom is -0.356 e. The van der Waals surface area contributed by atoms with Gasteiger partial charge in [-0.1, -0.05) is 30.3 Å². The van der Waals surface area contributed by atoms with Crippen LogP contribution in [0.3, 0.4) is 0 Å². The highest BCUT2D eigenvalue weighted by molar-refractivity contribution is 5.94. The predicted molar refractivity (Wildman–Crippen MR) is 101 cm³/mol. The second kappa shape index (κ2) is 6.63. The Labute approximate surface area is 154 Å². The van der Waals surface area contributed by atoms with Gasteiger partial charge in [-0.3, -0.25) is 9.59 Å². The lowest BCUT2D eigenvalue weighted by Gasteiger charge is -2.25. The van der Waals surface area contributed by atoms with Crippen molar-refractivity contribution in [2.45, 2.75) is 25.3 Å². The molecule has 5 nitrogen and oxygen atoms in total. The molecule has 2 aromatic rings. The van der Waals surface area contributed by atoms with E-state index >= 15 is 0 Å². The standard InChI is InChI=1S/C21H25N3O2/c1-23(17-10-15-12-20(25)22-13-16(15)11-17)21(26)19-9-8-18(24(19)2)14-6-4-3-5-7-14/h3-9,15-17H,10-13H2,1-2H3,(H,22,25)/t15-,16+,17-/m0/s1. The maximum Gasteiger partial charge on any atom is 0.270 e. The normalized spacial score (nSPS) is 24.8. The molecule has 0 unspecified atom stereocenters. The van der Waals surface area contributed by atoms with E-state index in [1.807, 2.05) is 53.9 Å². The molecule has 1 aliphatic carbocycles. The summed E-state index contributed by atoms with van der Waals surface area (Å²) >= 11 is 0. The molecule has 26 heavy (non-hydrogen) atoms. The van der Waals surface area contributed by atoms with Crippen LogP contribution in [0.15, 0.2) is 42.5 Å². The number of aromatic nitrogens is 1. The highest BCUT2D eigenvalue weighted by Gasteiger charge is 2.41. The maximum absolute atomic E-state index is 13.1. The summed E-state index contributed by atoms with van der Waals surface area (Å²) < 4.78 is 1.97. The van der Waals surface area contributed by atoms with Crippen molar-refractivity contribution in [3.63, 3.8) is 0 Å². The third-order valence-corrected chi connectivity index (χ3v) is 6.10. The summed E-state index contributed by atoms with van der Waals surface area (Å²) in [6, 6.07) is 14.2. The van der Waals surface area contributed by atoms with Crippen molar-refractivity contribution < 1.29 is 9.59 Å². The Kier molecular flexibility index (Phi) is 4.31. The fourth-order valence-electron chi connectivity index (χ4n) is 4.52. The zero-order chi connectivity index (χ0) is 18.3. The molecule has 2 aliphatic rings. The van der Waals surface area contributed by atoms with E-state index in [1.165, 1.54) is 0 Å². The van der Waals surface area contributed by atoms with Crippen LogP contribution in [-0.4, -0.2) is 40.9 Å². The smallest absolute Gasteiger partial charge is 0.270 e. The molecule has 0 spiro atoms. The van der Waals surface area contributed by atoms with Crippen LogP contribution >= 0.6 is 0 Å². The second-order valence-electron chi connectivity index (χ2n) is 7.60. The first-order valence-corrected chi connectivity index (χ1v) is 9.29. The number of rotatable bonds is 3. The second-order valence-corrected chi connectivity index (χ2v) is 7.60. The van der Waals surface area contributed by atoms with Gasteiger partial charge in [-0.15, -0.1) is 0 Å². The first-order valence-electron chi connectivity index (χ1n) is 9.29. The Morgan fingerprint density at radius 2 is 1.85 bits per heavy atom. The molecular formula is C21H25N3O2. The fourth-order valence-corrected chi connectivity index (χ4v) is 4.52. The molecule has 1 aromatic carbocycles. The lowest BCUT2D eigenvalue weighted by Crippen LogP contribution is -2.38. The summed E-state index contributed by atoms with van der Waals surface area (Å²) in [5, 5.41) is 2.96. The SMILES string of the molecule is CN(C(=O)c1ccc(-c2ccccc2)n1C)[C@H]1C[C@H]2CC(=O)NC[C@H]2C1. The zero-order valence-corrected chi connectivity index (χ0v) is 15.3. The Morgan fingerprint density at radius 3 is 2.62 bits per heavy atom. The molecular weight excluding hydrogens is 326 g/mol. The van der Waals surface area contributed by atoms with Crippen molar-refractivity contribution in [3.8, 4) is 11.3 Å². The maximum atomic E-state index is 13.1. The summed E-state index contributed by atoms with van der Waals surface area (Å²) in [4.78, 5) is 26.6. The van der Waals surface area contributed by atoms with E-state index < -0.39 is 0 Å². The fraction of sp³-hybridized carbons (Fsp3) is 0.429. The topological polar surface area (TPSA) is 54.3 Å². The number of amides is 2. The lowest BCUT2D eigenvalue weighted by molar-refractivity contribution is -0.124. The average molecular weight is 351 g/mol. The van der Waals surface area contributed by atoms with E-state index in [4.69, 9.17) is 0 Å². The molecule has 2 heterocycles. The number of nitrogens with zero attached hydrogens (tertiary/aromatic N) is 2. The summed E-state index contributed by atoms with van der Waals surface area (Å²) in [6.45, 7) is 0.754. The van der Waals surface area contributed by atoms with Crippen LogP contribution in [0, 0.1) is 11.8 Å². The van der Waals surface area contributed by atoms with Crippen molar-refractivity contribution in [3.05, 3.63) is 48.2 Å². The van der Waals surface area contributed by atoms with Crippen LogP contribution in [0.5, 0.6) is 0 Å². The van der Waals surface area contributed by atoms with Crippen molar-refractivity contribution in [1.82, 2.24) is 14.8 Å². The van der Waals surface area contributed by atoms with Crippen LogP contribution < -0.4 is 5.32 Å². The molecule has 1 N–H and O–H groups in total. The number of hydrogen-bond donors (Lipinski definition) is 1. The Morgan fingerprint density at radius 1 is 1.12 bits per heavy atom. The monoisotopic (exact) mass is 351 g/mol. The number of hydrogen-bond acceptors (Lipinski definition) is 2. The summed E-state index contributed by atoms with van der Waals surface area (Å²) in [7, 11) is 3.84. The first kappa shape index (κ1) is 16.9. The third-order valence-electron chi connectivity index (χ3n) is 6.10. The van der Waals surface area contributed by atoms with Gasteiger partial charge in [0.25, 0.3) is 5.91 Å². The number of carbonyl (C=O) groups excluding carboxylic acids is 2. The van der Waals surface area contributed by atoms with Gasteiger partial charge in [-0.05, 0) is 42.4 Å². The number of benzene rings is 1. The molecule has 4 rings (SSSR count). The zero-order valence-electron chi connectivity index (χ0n) is 15.3. The van der Waals surface area contributed by atoms with Crippen molar-refractivity contribution >= 4 is 11.8 Å². The number of piperidine rings is 1. The predicted octanol–water partition coefficient (Wildman–Crippen LogP) is 2.68. The van der Waals surface area contributed by atoms with Gasteiger partial charge in [-0.2, -0.15) is 0 Å². The molecule has 1 aliphatic heterocycles. The highest BCUT2D eigenvalue weighted by atomic mass is 16.2. The minimum absolute atomic E-state index is 0.0533. The van der Waals surface area contributed by atoms with E-state index in [2.05, 4.69) is 17.4 Å². The van der Waals surface area contributed by atoms with Crippen molar-refractivity contribution in [2.75, 3.05) is 13.6 Å². The van der Waals surface area contributed by atoms with Gasteiger partial charge in [0, 0.05) is 38.8 Å². The molecule has 3 atom stereocenters. The number of nitrogens with one attached hydrogen (secondary N) is 1. The van der Waals surface area contributed by atoms with Gasteiger partial charge < -0.3 is 14.8 Å². The minimum atomic E-state index is 0.0533. The Hall–Kier alpha value is -2.56.